The van der Waals surface area contributed by atoms with E-state index >= 15 is 0 Å². The molecule has 0 bridgehead atoms. The second kappa shape index (κ2) is 6.71. The van der Waals surface area contributed by atoms with Gasteiger partial charge in [0.25, 0.3) is 5.91 Å². The summed E-state index contributed by atoms with van der Waals surface area (Å²) in [6, 6.07) is 25.0. The number of halogens is 1. The van der Waals surface area contributed by atoms with E-state index in [1.54, 1.807) is 4.90 Å². The lowest BCUT2D eigenvalue weighted by Crippen LogP contribution is -2.41. The van der Waals surface area contributed by atoms with Gasteiger partial charge in [-0.25, -0.2) is 0 Å². The van der Waals surface area contributed by atoms with Crippen LogP contribution in [0.25, 0.3) is 0 Å². The Hall–Kier alpha value is -2.43. The van der Waals surface area contributed by atoms with E-state index in [0.717, 1.165) is 21.3 Å². The standard InChI is InChI=1S/C22H18BrNO2/c23-18-12-10-16(11-13-18)14-22(26)19-8-4-5-9-20(19)24(21(22)25)15-17-6-2-1-3-7-17/h1-13,26H,14-15H2. The number of amides is 1. The Morgan fingerprint density at radius 1 is 0.846 bits per heavy atom. The summed E-state index contributed by atoms with van der Waals surface area (Å²) in [4.78, 5) is 14.9. The molecule has 4 heteroatoms. The lowest BCUT2D eigenvalue weighted by Gasteiger charge is -2.23. The van der Waals surface area contributed by atoms with Gasteiger partial charge in [-0.1, -0.05) is 76.6 Å². The van der Waals surface area contributed by atoms with Crippen LogP contribution in [0, 0.1) is 0 Å². The summed E-state index contributed by atoms with van der Waals surface area (Å²) in [7, 11) is 0. The molecule has 0 radical (unpaired) electrons. The fourth-order valence-corrected chi connectivity index (χ4v) is 3.76. The largest absolute Gasteiger partial charge is 0.375 e. The highest BCUT2D eigenvalue weighted by atomic mass is 79.9. The van der Waals surface area contributed by atoms with E-state index in [0.29, 0.717) is 12.1 Å². The minimum atomic E-state index is -1.54. The van der Waals surface area contributed by atoms with Gasteiger partial charge in [0, 0.05) is 16.5 Å². The molecule has 3 aromatic rings. The van der Waals surface area contributed by atoms with Gasteiger partial charge in [-0.05, 0) is 29.3 Å². The Kier molecular flexibility index (Phi) is 4.39. The Balaban J connectivity index is 1.71. The lowest BCUT2D eigenvalue weighted by atomic mass is 9.88. The molecule has 1 aliphatic heterocycles. The zero-order valence-corrected chi connectivity index (χ0v) is 15.7. The van der Waals surface area contributed by atoms with E-state index < -0.39 is 5.60 Å². The number of anilines is 1. The highest BCUT2D eigenvalue weighted by Gasteiger charge is 2.49. The molecule has 0 saturated heterocycles. The fourth-order valence-electron chi connectivity index (χ4n) is 3.50. The summed E-state index contributed by atoms with van der Waals surface area (Å²) in [5.74, 6) is -0.273. The van der Waals surface area contributed by atoms with Crippen molar-refractivity contribution in [2.75, 3.05) is 4.90 Å². The number of carbonyl (C=O) groups is 1. The van der Waals surface area contributed by atoms with Gasteiger partial charge in [-0.3, -0.25) is 4.79 Å². The third kappa shape index (κ3) is 2.96. The molecule has 1 unspecified atom stereocenters. The number of hydrogen-bond donors (Lipinski definition) is 1. The van der Waals surface area contributed by atoms with Gasteiger partial charge in [0.2, 0.25) is 0 Å². The van der Waals surface area contributed by atoms with E-state index in [1.165, 1.54) is 0 Å². The summed E-state index contributed by atoms with van der Waals surface area (Å²) >= 11 is 3.42. The average Bonchev–Trinajstić information content (AvgIpc) is 2.87. The van der Waals surface area contributed by atoms with Crippen LogP contribution < -0.4 is 4.90 Å². The number of carbonyl (C=O) groups excluding carboxylic acids is 1. The zero-order chi connectivity index (χ0) is 18.1. The Bertz CT molecular complexity index is 940. The first kappa shape index (κ1) is 17.0. The van der Waals surface area contributed by atoms with Crippen molar-refractivity contribution in [2.24, 2.45) is 0 Å². The molecule has 0 saturated carbocycles. The molecule has 0 aromatic heterocycles. The number of fused-ring (bicyclic) bond motifs is 1. The highest BCUT2D eigenvalue weighted by Crippen LogP contribution is 2.42. The first-order valence-electron chi connectivity index (χ1n) is 8.50. The molecule has 1 amide bonds. The van der Waals surface area contributed by atoms with Crippen LogP contribution in [0.15, 0.2) is 83.3 Å². The smallest absolute Gasteiger partial charge is 0.264 e. The number of para-hydroxylation sites is 1. The topological polar surface area (TPSA) is 40.5 Å². The minimum absolute atomic E-state index is 0.251. The summed E-state index contributed by atoms with van der Waals surface area (Å²) in [5, 5.41) is 11.4. The van der Waals surface area contributed by atoms with Crippen LogP contribution in [0.4, 0.5) is 5.69 Å². The van der Waals surface area contributed by atoms with E-state index in [-0.39, 0.29) is 12.3 Å². The molecular formula is C22H18BrNO2. The van der Waals surface area contributed by atoms with Crippen molar-refractivity contribution in [3.8, 4) is 0 Å². The summed E-state index contributed by atoms with van der Waals surface area (Å²) in [5.41, 5.74) is 1.85. The van der Waals surface area contributed by atoms with Crippen molar-refractivity contribution in [3.05, 3.63) is 100 Å². The molecule has 0 aliphatic carbocycles. The van der Waals surface area contributed by atoms with Crippen LogP contribution in [0.2, 0.25) is 0 Å². The normalized spacial score (nSPS) is 18.8. The van der Waals surface area contributed by atoms with Gasteiger partial charge in [0.15, 0.2) is 5.60 Å². The predicted molar refractivity (Wildman–Crippen MR) is 106 cm³/mol. The zero-order valence-electron chi connectivity index (χ0n) is 14.1. The second-order valence-electron chi connectivity index (χ2n) is 6.56. The van der Waals surface area contributed by atoms with Gasteiger partial charge in [-0.2, -0.15) is 0 Å². The molecule has 1 aliphatic rings. The van der Waals surface area contributed by atoms with Gasteiger partial charge in [-0.15, -0.1) is 0 Å². The van der Waals surface area contributed by atoms with Crippen molar-refractivity contribution in [1.29, 1.82) is 0 Å². The van der Waals surface area contributed by atoms with Crippen molar-refractivity contribution >= 4 is 27.5 Å². The molecule has 4 rings (SSSR count). The van der Waals surface area contributed by atoms with Crippen molar-refractivity contribution in [1.82, 2.24) is 0 Å². The Labute approximate surface area is 161 Å². The second-order valence-corrected chi connectivity index (χ2v) is 7.47. The third-order valence-corrected chi connectivity index (χ3v) is 5.32. The highest BCUT2D eigenvalue weighted by molar-refractivity contribution is 9.10. The molecular weight excluding hydrogens is 390 g/mol. The van der Waals surface area contributed by atoms with Crippen LogP contribution in [-0.4, -0.2) is 11.0 Å². The third-order valence-electron chi connectivity index (χ3n) is 4.80. The molecule has 130 valence electrons. The number of benzene rings is 3. The van der Waals surface area contributed by atoms with Crippen LogP contribution in [0.3, 0.4) is 0 Å². The van der Waals surface area contributed by atoms with Crippen molar-refractivity contribution in [2.45, 2.75) is 18.6 Å². The maximum atomic E-state index is 13.2. The minimum Gasteiger partial charge on any atom is -0.375 e. The summed E-state index contributed by atoms with van der Waals surface area (Å²) in [6.07, 6.45) is 0.251. The van der Waals surface area contributed by atoms with E-state index in [2.05, 4.69) is 15.9 Å². The molecule has 0 fully saturated rings. The molecule has 3 nitrogen and oxygen atoms in total. The Morgan fingerprint density at radius 3 is 2.23 bits per heavy atom. The maximum absolute atomic E-state index is 13.2. The van der Waals surface area contributed by atoms with E-state index in [1.807, 2.05) is 78.9 Å². The first-order chi connectivity index (χ1) is 12.6. The fraction of sp³-hybridized carbons (Fsp3) is 0.136. The summed E-state index contributed by atoms with van der Waals surface area (Å²) < 4.78 is 0.970. The van der Waals surface area contributed by atoms with Gasteiger partial charge < -0.3 is 10.0 Å². The quantitative estimate of drug-likeness (QED) is 0.694. The summed E-state index contributed by atoms with van der Waals surface area (Å²) in [6.45, 7) is 0.444. The molecule has 1 N–H and O–H groups in total. The van der Waals surface area contributed by atoms with Gasteiger partial charge in [0.05, 0.1) is 12.2 Å². The van der Waals surface area contributed by atoms with Gasteiger partial charge in [0.1, 0.15) is 0 Å². The molecule has 1 atom stereocenters. The Morgan fingerprint density at radius 2 is 1.50 bits per heavy atom. The van der Waals surface area contributed by atoms with Crippen molar-refractivity contribution < 1.29 is 9.90 Å². The van der Waals surface area contributed by atoms with Crippen LogP contribution in [0.5, 0.6) is 0 Å². The number of rotatable bonds is 4. The van der Waals surface area contributed by atoms with Crippen LogP contribution in [0.1, 0.15) is 16.7 Å². The molecule has 26 heavy (non-hydrogen) atoms. The number of nitrogens with zero attached hydrogens (tertiary/aromatic N) is 1. The van der Waals surface area contributed by atoms with Crippen LogP contribution in [-0.2, 0) is 23.4 Å². The monoisotopic (exact) mass is 407 g/mol. The van der Waals surface area contributed by atoms with Gasteiger partial charge >= 0.3 is 0 Å². The molecule has 0 spiro atoms. The molecule has 1 heterocycles. The first-order valence-corrected chi connectivity index (χ1v) is 9.29. The van der Waals surface area contributed by atoms with E-state index in [9.17, 15) is 9.90 Å². The lowest BCUT2D eigenvalue weighted by molar-refractivity contribution is -0.136. The van der Waals surface area contributed by atoms with Crippen molar-refractivity contribution in [3.63, 3.8) is 0 Å². The maximum Gasteiger partial charge on any atom is 0.264 e. The molecule has 3 aromatic carbocycles. The number of aliphatic hydroxyl groups is 1. The number of hydrogen-bond acceptors (Lipinski definition) is 2. The average molecular weight is 408 g/mol. The predicted octanol–water partition coefficient (Wildman–Crippen LogP) is 4.43. The van der Waals surface area contributed by atoms with Crippen LogP contribution >= 0.6 is 15.9 Å². The SMILES string of the molecule is O=C1N(Cc2ccccc2)c2ccccc2C1(O)Cc1ccc(Br)cc1. The van der Waals surface area contributed by atoms with E-state index in [4.69, 9.17) is 0 Å².